The second-order valence-electron chi connectivity index (χ2n) is 3.33. The Balaban J connectivity index is 2.13. The van der Waals surface area contributed by atoms with Gasteiger partial charge in [0, 0.05) is 5.41 Å². The summed E-state index contributed by atoms with van der Waals surface area (Å²) in [6, 6.07) is -0.378. The van der Waals surface area contributed by atoms with Gasteiger partial charge in [-0.05, 0) is 13.0 Å². The number of hydrogen-bond acceptors (Lipinski definition) is 3. The standard InChI is InChI=1S/C7H11NO3/c9-6(10)5-7(1-2-8-5)3-11-4-7/h5,8H,1-4H2,(H,9,10). The second kappa shape index (κ2) is 2.19. The van der Waals surface area contributed by atoms with E-state index in [-0.39, 0.29) is 11.5 Å². The Morgan fingerprint density at radius 2 is 2.36 bits per heavy atom. The minimum absolute atomic E-state index is 0.0775. The van der Waals surface area contributed by atoms with Crippen LogP contribution in [0.4, 0.5) is 0 Å². The largest absolute Gasteiger partial charge is 0.480 e. The van der Waals surface area contributed by atoms with Crippen LogP contribution in [0.5, 0.6) is 0 Å². The maximum Gasteiger partial charge on any atom is 0.321 e. The quantitative estimate of drug-likeness (QED) is 0.536. The van der Waals surface area contributed by atoms with Crippen molar-refractivity contribution in [1.82, 2.24) is 5.32 Å². The fraction of sp³-hybridized carbons (Fsp3) is 0.857. The van der Waals surface area contributed by atoms with Crippen molar-refractivity contribution in [2.45, 2.75) is 12.5 Å². The molecule has 4 nitrogen and oxygen atoms in total. The van der Waals surface area contributed by atoms with Gasteiger partial charge in [-0.2, -0.15) is 0 Å². The lowest BCUT2D eigenvalue weighted by molar-refractivity contribution is -0.159. The van der Waals surface area contributed by atoms with Gasteiger partial charge >= 0.3 is 5.97 Å². The van der Waals surface area contributed by atoms with Crippen molar-refractivity contribution >= 4 is 5.97 Å². The first-order valence-corrected chi connectivity index (χ1v) is 3.79. The predicted octanol–water partition coefficient (Wildman–Crippen LogP) is -0.551. The van der Waals surface area contributed by atoms with Crippen molar-refractivity contribution in [1.29, 1.82) is 0 Å². The number of nitrogens with one attached hydrogen (secondary N) is 1. The normalized spacial score (nSPS) is 33.6. The van der Waals surface area contributed by atoms with Crippen LogP contribution in [0.2, 0.25) is 0 Å². The zero-order valence-corrected chi connectivity index (χ0v) is 6.17. The van der Waals surface area contributed by atoms with Gasteiger partial charge in [0.25, 0.3) is 0 Å². The predicted molar refractivity (Wildman–Crippen MR) is 37.3 cm³/mol. The minimum atomic E-state index is -0.745. The average Bonchev–Trinajstić information content (AvgIpc) is 2.27. The highest BCUT2D eigenvalue weighted by Crippen LogP contribution is 2.38. The first-order chi connectivity index (χ1) is 5.25. The molecule has 1 spiro atoms. The Bertz CT molecular complexity index is 188. The van der Waals surface area contributed by atoms with Gasteiger partial charge in [0.2, 0.25) is 0 Å². The summed E-state index contributed by atoms with van der Waals surface area (Å²) < 4.78 is 5.04. The number of aliphatic carboxylic acids is 1. The fourth-order valence-corrected chi connectivity index (χ4v) is 1.85. The summed E-state index contributed by atoms with van der Waals surface area (Å²) in [4.78, 5) is 10.7. The molecular weight excluding hydrogens is 146 g/mol. The molecule has 2 aliphatic rings. The number of ether oxygens (including phenoxy) is 1. The summed E-state index contributed by atoms with van der Waals surface area (Å²) in [7, 11) is 0. The van der Waals surface area contributed by atoms with E-state index in [0.29, 0.717) is 13.2 Å². The molecule has 0 bridgehead atoms. The van der Waals surface area contributed by atoms with Gasteiger partial charge in [-0.15, -0.1) is 0 Å². The van der Waals surface area contributed by atoms with Crippen molar-refractivity contribution in [2.24, 2.45) is 5.41 Å². The molecule has 0 aromatic rings. The molecule has 0 aromatic heterocycles. The smallest absolute Gasteiger partial charge is 0.321 e. The van der Waals surface area contributed by atoms with Gasteiger partial charge in [-0.25, -0.2) is 0 Å². The molecule has 2 rings (SSSR count). The van der Waals surface area contributed by atoms with Gasteiger partial charge in [0.05, 0.1) is 13.2 Å². The molecule has 2 saturated heterocycles. The van der Waals surface area contributed by atoms with Crippen LogP contribution in [0, 0.1) is 5.41 Å². The second-order valence-corrected chi connectivity index (χ2v) is 3.33. The monoisotopic (exact) mass is 157 g/mol. The lowest BCUT2D eigenvalue weighted by Crippen LogP contribution is -2.54. The van der Waals surface area contributed by atoms with Crippen LogP contribution >= 0.6 is 0 Å². The molecule has 0 aliphatic carbocycles. The minimum Gasteiger partial charge on any atom is -0.480 e. The van der Waals surface area contributed by atoms with Crippen LogP contribution in [0.1, 0.15) is 6.42 Å². The lowest BCUT2D eigenvalue weighted by Gasteiger charge is -2.40. The highest BCUT2D eigenvalue weighted by molar-refractivity contribution is 5.75. The van der Waals surface area contributed by atoms with Crippen molar-refractivity contribution in [3.63, 3.8) is 0 Å². The van der Waals surface area contributed by atoms with E-state index in [1.54, 1.807) is 0 Å². The number of carboxylic acid groups (broad SMARTS) is 1. The zero-order chi connectivity index (χ0) is 7.90. The molecule has 1 atom stereocenters. The van der Waals surface area contributed by atoms with E-state index < -0.39 is 5.97 Å². The topological polar surface area (TPSA) is 58.6 Å². The van der Waals surface area contributed by atoms with Gasteiger partial charge < -0.3 is 15.2 Å². The molecular formula is C7H11NO3. The molecule has 0 aromatic carbocycles. The Hall–Kier alpha value is -0.610. The van der Waals surface area contributed by atoms with Crippen molar-refractivity contribution in [3.8, 4) is 0 Å². The van der Waals surface area contributed by atoms with E-state index in [1.165, 1.54) is 0 Å². The summed E-state index contributed by atoms with van der Waals surface area (Å²) in [6.45, 7) is 2.02. The van der Waals surface area contributed by atoms with Gasteiger partial charge in [0.15, 0.2) is 0 Å². The molecule has 2 fully saturated rings. The lowest BCUT2D eigenvalue weighted by atomic mass is 9.79. The molecule has 62 valence electrons. The number of hydrogen-bond donors (Lipinski definition) is 2. The van der Waals surface area contributed by atoms with Crippen LogP contribution in [0.3, 0.4) is 0 Å². The molecule has 0 saturated carbocycles. The van der Waals surface area contributed by atoms with Gasteiger partial charge in [-0.3, -0.25) is 4.79 Å². The first kappa shape index (κ1) is 7.06. The zero-order valence-electron chi connectivity index (χ0n) is 6.17. The Labute approximate surface area is 64.5 Å². The Kier molecular flexibility index (Phi) is 1.40. The van der Waals surface area contributed by atoms with E-state index in [9.17, 15) is 4.79 Å². The maximum absolute atomic E-state index is 10.7. The van der Waals surface area contributed by atoms with Crippen molar-refractivity contribution < 1.29 is 14.6 Å². The van der Waals surface area contributed by atoms with Crippen LogP contribution in [-0.2, 0) is 9.53 Å². The molecule has 11 heavy (non-hydrogen) atoms. The van der Waals surface area contributed by atoms with Crippen LogP contribution in [-0.4, -0.2) is 36.9 Å². The maximum atomic E-state index is 10.7. The molecule has 4 heteroatoms. The Morgan fingerprint density at radius 3 is 2.73 bits per heavy atom. The van der Waals surface area contributed by atoms with E-state index in [4.69, 9.17) is 9.84 Å². The van der Waals surface area contributed by atoms with Crippen molar-refractivity contribution in [3.05, 3.63) is 0 Å². The number of carbonyl (C=O) groups is 1. The summed E-state index contributed by atoms with van der Waals surface area (Å²) in [6.07, 6.45) is 0.934. The molecule has 2 N–H and O–H groups in total. The van der Waals surface area contributed by atoms with Crippen molar-refractivity contribution in [2.75, 3.05) is 19.8 Å². The third kappa shape index (κ3) is 0.862. The van der Waals surface area contributed by atoms with E-state index >= 15 is 0 Å². The molecule has 1 unspecified atom stereocenters. The third-order valence-electron chi connectivity index (χ3n) is 2.61. The SMILES string of the molecule is O=C(O)C1NCCC12COC2. The summed E-state index contributed by atoms with van der Waals surface area (Å²) in [5.41, 5.74) is -0.0775. The summed E-state index contributed by atoms with van der Waals surface area (Å²) in [5.74, 6) is -0.745. The van der Waals surface area contributed by atoms with Crippen LogP contribution < -0.4 is 5.32 Å². The Morgan fingerprint density at radius 1 is 1.64 bits per heavy atom. The molecule has 0 amide bonds. The average molecular weight is 157 g/mol. The van der Waals surface area contributed by atoms with Crippen LogP contribution in [0.15, 0.2) is 0 Å². The molecule has 0 radical (unpaired) electrons. The highest BCUT2D eigenvalue weighted by atomic mass is 16.5. The van der Waals surface area contributed by atoms with Crippen LogP contribution in [0.25, 0.3) is 0 Å². The summed E-state index contributed by atoms with van der Waals surface area (Å²) >= 11 is 0. The number of carboxylic acids is 1. The molecule has 2 aliphatic heterocycles. The van der Waals surface area contributed by atoms with E-state index in [2.05, 4.69) is 5.32 Å². The van der Waals surface area contributed by atoms with E-state index in [0.717, 1.165) is 13.0 Å². The van der Waals surface area contributed by atoms with Gasteiger partial charge in [0.1, 0.15) is 6.04 Å². The highest BCUT2D eigenvalue weighted by Gasteiger charge is 2.52. The van der Waals surface area contributed by atoms with Gasteiger partial charge in [-0.1, -0.05) is 0 Å². The third-order valence-corrected chi connectivity index (χ3v) is 2.61. The summed E-state index contributed by atoms with van der Waals surface area (Å²) in [5, 5.41) is 11.8. The fourth-order valence-electron chi connectivity index (χ4n) is 1.85. The first-order valence-electron chi connectivity index (χ1n) is 3.79. The molecule has 2 heterocycles. The van der Waals surface area contributed by atoms with E-state index in [1.807, 2.05) is 0 Å². The number of rotatable bonds is 1.